The third-order valence-corrected chi connectivity index (χ3v) is 3.52. The van der Waals surface area contributed by atoms with E-state index < -0.39 is 16.5 Å². The highest BCUT2D eigenvalue weighted by Crippen LogP contribution is 2.23. The zero-order chi connectivity index (χ0) is 20.2. The Morgan fingerprint density at radius 2 is 1.78 bits per heavy atom. The molecule has 2 heterocycles. The largest absolute Gasteiger partial charge is 0.455 e. The van der Waals surface area contributed by atoms with Crippen LogP contribution in [0.4, 0.5) is 5.69 Å². The summed E-state index contributed by atoms with van der Waals surface area (Å²) in [5.41, 5.74) is 1.15. The Morgan fingerprint density at radius 1 is 1.15 bits per heavy atom. The maximum atomic E-state index is 12.2. The second-order valence-electron chi connectivity index (χ2n) is 6.59. The van der Waals surface area contributed by atoms with Crippen LogP contribution in [0.15, 0.2) is 48.8 Å². The van der Waals surface area contributed by atoms with E-state index >= 15 is 0 Å². The van der Waals surface area contributed by atoms with Crippen molar-refractivity contribution in [2.24, 2.45) is 0 Å². The fourth-order valence-corrected chi connectivity index (χ4v) is 2.43. The lowest BCUT2D eigenvalue weighted by Crippen LogP contribution is -2.24. The van der Waals surface area contributed by atoms with E-state index in [-0.39, 0.29) is 11.4 Å². The van der Waals surface area contributed by atoms with E-state index in [0.717, 1.165) is 16.6 Å². The van der Waals surface area contributed by atoms with Crippen LogP contribution in [0.2, 0.25) is 0 Å². The van der Waals surface area contributed by atoms with E-state index in [9.17, 15) is 14.9 Å². The lowest BCUT2D eigenvalue weighted by atomic mass is 10.2. The first-order chi connectivity index (χ1) is 12.7. The number of benzene rings is 1. The van der Waals surface area contributed by atoms with Crippen molar-refractivity contribution < 1.29 is 14.5 Å². The smallest absolute Gasteiger partial charge is 0.357 e. The highest BCUT2D eigenvalue weighted by Gasteiger charge is 2.19. The molecule has 0 radical (unpaired) electrons. The second kappa shape index (κ2) is 7.99. The van der Waals surface area contributed by atoms with Crippen LogP contribution in [0.25, 0.3) is 16.6 Å². The Hall–Kier alpha value is -3.22. The lowest BCUT2D eigenvalue weighted by Gasteiger charge is -2.19. The topological polar surface area (TPSA) is 87.3 Å². The molecule has 3 rings (SSSR count). The van der Waals surface area contributed by atoms with Gasteiger partial charge in [0.05, 0.1) is 10.4 Å². The molecule has 7 nitrogen and oxygen atoms in total. The Morgan fingerprint density at radius 3 is 2.33 bits per heavy atom. The van der Waals surface area contributed by atoms with Crippen molar-refractivity contribution in [1.82, 2.24) is 9.55 Å². The van der Waals surface area contributed by atoms with Gasteiger partial charge in [-0.3, -0.25) is 10.1 Å². The number of carbonyl (C=O) groups excluding carboxylic acids is 1. The quantitative estimate of drug-likeness (QED) is 0.372. The van der Waals surface area contributed by atoms with E-state index in [1.54, 1.807) is 45.2 Å². The first-order valence-electron chi connectivity index (χ1n) is 8.70. The standard InChI is InChI=1S/C18H17N3O4.C2H6/c1-18(2,3)25-17(22)15-10-16-12(11-19-15)8-9-20(16)13-4-6-14(7-5-13)21(23)24;1-2/h4-11H,1-3H3;1-2H3. The lowest BCUT2D eigenvalue weighted by molar-refractivity contribution is -0.384. The molecule has 1 aromatic carbocycles. The second-order valence-corrected chi connectivity index (χ2v) is 6.59. The molecule has 142 valence electrons. The number of nitro groups is 1. The van der Waals surface area contributed by atoms with E-state index in [0.29, 0.717) is 0 Å². The summed E-state index contributed by atoms with van der Waals surface area (Å²) < 4.78 is 7.19. The summed E-state index contributed by atoms with van der Waals surface area (Å²) in [5, 5.41) is 11.6. The van der Waals surface area contributed by atoms with Crippen molar-refractivity contribution in [3.8, 4) is 5.69 Å². The van der Waals surface area contributed by atoms with Crippen molar-refractivity contribution in [1.29, 1.82) is 0 Å². The van der Waals surface area contributed by atoms with Crippen LogP contribution in [0.3, 0.4) is 0 Å². The summed E-state index contributed by atoms with van der Waals surface area (Å²) in [6, 6.07) is 9.72. The normalized spacial score (nSPS) is 10.9. The van der Waals surface area contributed by atoms with Gasteiger partial charge in [0.15, 0.2) is 0 Å². The Balaban J connectivity index is 0.00000126. The van der Waals surface area contributed by atoms with Crippen LogP contribution in [0.1, 0.15) is 45.1 Å². The van der Waals surface area contributed by atoms with Gasteiger partial charge < -0.3 is 9.30 Å². The van der Waals surface area contributed by atoms with Crippen molar-refractivity contribution in [2.45, 2.75) is 40.2 Å². The summed E-state index contributed by atoms with van der Waals surface area (Å²) in [4.78, 5) is 26.7. The van der Waals surface area contributed by atoms with Gasteiger partial charge in [-0.15, -0.1) is 0 Å². The number of aromatic nitrogens is 2. The highest BCUT2D eigenvalue weighted by molar-refractivity contribution is 5.92. The number of non-ortho nitro benzene ring substituents is 1. The maximum Gasteiger partial charge on any atom is 0.357 e. The predicted octanol–water partition coefficient (Wildman–Crippen LogP) is 4.92. The molecule has 27 heavy (non-hydrogen) atoms. The van der Waals surface area contributed by atoms with Crippen molar-refractivity contribution in [3.63, 3.8) is 0 Å². The van der Waals surface area contributed by atoms with Gasteiger partial charge in [-0.2, -0.15) is 0 Å². The SMILES string of the molecule is CC.CC(C)(C)OC(=O)c1cc2c(ccn2-c2ccc([N+](=O)[O-])cc2)cn1. The van der Waals surface area contributed by atoms with Crippen LogP contribution in [0.5, 0.6) is 0 Å². The Kier molecular flexibility index (Phi) is 5.95. The number of ether oxygens (including phenoxy) is 1. The van der Waals surface area contributed by atoms with Crippen LogP contribution in [-0.4, -0.2) is 26.0 Å². The van der Waals surface area contributed by atoms with Crippen LogP contribution in [0, 0.1) is 10.1 Å². The van der Waals surface area contributed by atoms with Gasteiger partial charge in [0, 0.05) is 35.6 Å². The molecule has 7 heteroatoms. The molecule has 0 N–H and O–H groups in total. The molecule has 0 atom stereocenters. The number of carbonyl (C=O) groups is 1. The van der Waals surface area contributed by atoms with Gasteiger partial charge in [0.25, 0.3) is 5.69 Å². The monoisotopic (exact) mass is 369 g/mol. The molecule has 0 bridgehead atoms. The summed E-state index contributed by atoms with van der Waals surface area (Å²) >= 11 is 0. The molecule has 0 aliphatic heterocycles. The molecule has 0 saturated heterocycles. The molecule has 3 aromatic rings. The van der Waals surface area contributed by atoms with E-state index in [2.05, 4.69) is 4.98 Å². The van der Waals surface area contributed by atoms with Gasteiger partial charge in [0.1, 0.15) is 11.3 Å². The highest BCUT2D eigenvalue weighted by atomic mass is 16.6. The van der Waals surface area contributed by atoms with Gasteiger partial charge >= 0.3 is 5.97 Å². The van der Waals surface area contributed by atoms with Crippen molar-refractivity contribution in [2.75, 3.05) is 0 Å². The number of nitrogens with zero attached hydrogens (tertiary/aromatic N) is 3. The molecule has 0 aliphatic rings. The molecular formula is C20H23N3O4. The minimum absolute atomic E-state index is 0.0244. The molecule has 0 amide bonds. The van der Waals surface area contributed by atoms with E-state index in [1.807, 2.05) is 30.7 Å². The van der Waals surface area contributed by atoms with Crippen LogP contribution >= 0.6 is 0 Å². The minimum atomic E-state index is -0.603. The Labute approximate surface area is 157 Å². The van der Waals surface area contributed by atoms with E-state index in [4.69, 9.17) is 4.74 Å². The van der Waals surface area contributed by atoms with Gasteiger partial charge in [0.2, 0.25) is 0 Å². The number of hydrogen-bond donors (Lipinski definition) is 0. The number of nitro benzene ring substituents is 1. The van der Waals surface area contributed by atoms with Crippen LogP contribution < -0.4 is 0 Å². The zero-order valence-corrected chi connectivity index (χ0v) is 16.1. The maximum absolute atomic E-state index is 12.2. The summed E-state index contributed by atoms with van der Waals surface area (Å²) in [6.07, 6.45) is 3.43. The average Bonchev–Trinajstić information content (AvgIpc) is 3.05. The van der Waals surface area contributed by atoms with Crippen LogP contribution in [-0.2, 0) is 4.74 Å². The first-order valence-corrected chi connectivity index (χ1v) is 8.70. The third kappa shape index (κ3) is 4.69. The molecular weight excluding hydrogens is 346 g/mol. The molecule has 2 aromatic heterocycles. The number of fused-ring (bicyclic) bond motifs is 1. The third-order valence-electron chi connectivity index (χ3n) is 3.52. The number of rotatable bonds is 3. The van der Waals surface area contributed by atoms with Gasteiger partial charge in [-0.1, -0.05) is 13.8 Å². The summed E-state index contributed by atoms with van der Waals surface area (Å²) in [5.74, 6) is -0.495. The predicted molar refractivity (Wildman–Crippen MR) is 104 cm³/mol. The van der Waals surface area contributed by atoms with Crippen molar-refractivity contribution >= 4 is 22.6 Å². The number of esters is 1. The van der Waals surface area contributed by atoms with Gasteiger partial charge in [-0.05, 0) is 45.0 Å². The minimum Gasteiger partial charge on any atom is -0.455 e. The molecule has 0 fully saturated rings. The summed E-state index contributed by atoms with van der Waals surface area (Å²) in [6.45, 7) is 9.38. The molecule has 0 spiro atoms. The molecule has 0 unspecified atom stereocenters. The number of hydrogen-bond acceptors (Lipinski definition) is 5. The fourth-order valence-electron chi connectivity index (χ4n) is 2.43. The summed E-state index contributed by atoms with van der Waals surface area (Å²) in [7, 11) is 0. The fraction of sp³-hybridized carbons (Fsp3) is 0.300. The van der Waals surface area contributed by atoms with Crippen molar-refractivity contribution in [3.05, 3.63) is 64.6 Å². The molecule has 0 aliphatic carbocycles. The first kappa shape index (κ1) is 20.1. The number of pyridine rings is 1. The van der Waals surface area contributed by atoms with E-state index in [1.165, 1.54) is 12.1 Å². The van der Waals surface area contributed by atoms with Gasteiger partial charge in [-0.25, -0.2) is 9.78 Å². The average molecular weight is 369 g/mol. The molecule has 0 saturated carbocycles. The Bertz CT molecular complexity index is 954. The zero-order valence-electron chi connectivity index (χ0n) is 16.1.